The summed E-state index contributed by atoms with van der Waals surface area (Å²) >= 11 is 1.50. The molecule has 1 amide bonds. The van der Waals surface area contributed by atoms with Gasteiger partial charge in [-0.3, -0.25) is 4.79 Å². The standard InChI is InChI=1S/C12H18N6OS/c1-2-16-5-7-17(8-6-16)11(19)4-3-10-15-18-9-13-14-12(18)20-10/h9H,2-8H2,1H3. The lowest BCUT2D eigenvalue weighted by atomic mass is 10.2. The van der Waals surface area contributed by atoms with E-state index >= 15 is 0 Å². The summed E-state index contributed by atoms with van der Waals surface area (Å²) in [4.78, 5) is 17.3. The van der Waals surface area contributed by atoms with Gasteiger partial charge in [-0.2, -0.15) is 9.61 Å². The van der Waals surface area contributed by atoms with Crippen molar-refractivity contribution in [1.82, 2.24) is 29.6 Å². The molecular weight excluding hydrogens is 276 g/mol. The van der Waals surface area contributed by atoms with Crippen molar-refractivity contribution in [3.05, 3.63) is 11.3 Å². The van der Waals surface area contributed by atoms with Crippen molar-refractivity contribution in [3.8, 4) is 0 Å². The van der Waals surface area contributed by atoms with Crippen LogP contribution in [0.4, 0.5) is 0 Å². The lowest BCUT2D eigenvalue weighted by Crippen LogP contribution is -2.48. The molecule has 0 atom stereocenters. The van der Waals surface area contributed by atoms with Gasteiger partial charge in [-0.1, -0.05) is 18.3 Å². The minimum atomic E-state index is 0.228. The van der Waals surface area contributed by atoms with Gasteiger partial charge in [0.2, 0.25) is 10.9 Å². The molecule has 0 unspecified atom stereocenters. The second-order valence-corrected chi connectivity index (χ2v) is 5.91. The van der Waals surface area contributed by atoms with Gasteiger partial charge in [-0.05, 0) is 6.54 Å². The first kappa shape index (κ1) is 13.4. The summed E-state index contributed by atoms with van der Waals surface area (Å²) in [6.07, 6.45) is 2.79. The topological polar surface area (TPSA) is 66.6 Å². The average Bonchev–Trinajstić information content (AvgIpc) is 3.06. The number of hydrogen-bond donors (Lipinski definition) is 0. The van der Waals surface area contributed by atoms with E-state index in [1.807, 2.05) is 4.90 Å². The summed E-state index contributed by atoms with van der Waals surface area (Å²) in [6, 6.07) is 0. The van der Waals surface area contributed by atoms with E-state index in [0.29, 0.717) is 12.8 Å². The molecule has 1 saturated heterocycles. The zero-order valence-corrected chi connectivity index (χ0v) is 12.3. The van der Waals surface area contributed by atoms with Crippen LogP contribution in [0, 0.1) is 0 Å². The number of piperazine rings is 1. The molecule has 1 aliphatic heterocycles. The molecule has 0 N–H and O–H groups in total. The highest BCUT2D eigenvalue weighted by molar-refractivity contribution is 7.16. The lowest BCUT2D eigenvalue weighted by Gasteiger charge is -2.34. The molecule has 1 fully saturated rings. The number of amides is 1. The second-order valence-electron chi connectivity index (χ2n) is 4.87. The van der Waals surface area contributed by atoms with Crippen LogP contribution in [0.15, 0.2) is 6.33 Å². The SMILES string of the molecule is CCN1CCN(C(=O)CCc2nn3cnnc3s2)CC1. The molecule has 0 saturated carbocycles. The van der Waals surface area contributed by atoms with Crippen LogP contribution in [0.25, 0.3) is 4.96 Å². The highest BCUT2D eigenvalue weighted by Crippen LogP contribution is 2.14. The van der Waals surface area contributed by atoms with Gasteiger partial charge in [-0.25, -0.2) is 0 Å². The van der Waals surface area contributed by atoms with Gasteiger partial charge in [0.25, 0.3) is 0 Å². The van der Waals surface area contributed by atoms with Crippen LogP contribution in [-0.2, 0) is 11.2 Å². The van der Waals surface area contributed by atoms with E-state index in [-0.39, 0.29) is 5.91 Å². The number of fused-ring (bicyclic) bond motifs is 1. The van der Waals surface area contributed by atoms with Crippen molar-refractivity contribution < 1.29 is 4.79 Å². The van der Waals surface area contributed by atoms with Gasteiger partial charge < -0.3 is 9.80 Å². The summed E-state index contributed by atoms with van der Waals surface area (Å²) in [5.74, 6) is 0.228. The maximum absolute atomic E-state index is 12.2. The second kappa shape index (κ2) is 5.84. The Hall–Kier alpha value is -1.54. The van der Waals surface area contributed by atoms with Crippen molar-refractivity contribution in [2.24, 2.45) is 0 Å². The highest BCUT2D eigenvalue weighted by Gasteiger charge is 2.20. The van der Waals surface area contributed by atoms with Crippen LogP contribution in [0.2, 0.25) is 0 Å². The zero-order chi connectivity index (χ0) is 13.9. The summed E-state index contributed by atoms with van der Waals surface area (Å²) in [5, 5.41) is 13.0. The van der Waals surface area contributed by atoms with E-state index in [1.54, 1.807) is 10.8 Å². The molecule has 0 aromatic carbocycles. The summed E-state index contributed by atoms with van der Waals surface area (Å²) in [5.41, 5.74) is 0. The van der Waals surface area contributed by atoms with Gasteiger partial charge in [-0.15, -0.1) is 10.2 Å². The minimum absolute atomic E-state index is 0.228. The largest absolute Gasteiger partial charge is 0.340 e. The number of aromatic nitrogens is 4. The molecule has 108 valence electrons. The van der Waals surface area contributed by atoms with Crippen LogP contribution in [-0.4, -0.2) is 68.2 Å². The number of carbonyl (C=O) groups excluding carboxylic acids is 1. The van der Waals surface area contributed by atoms with Crippen molar-refractivity contribution in [1.29, 1.82) is 0 Å². The van der Waals surface area contributed by atoms with Gasteiger partial charge in [0.05, 0.1) is 0 Å². The molecule has 1 aliphatic rings. The van der Waals surface area contributed by atoms with Crippen LogP contribution >= 0.6 is 11.3 Å². The quantitative estimate of drug-likeness (QED) is 0.810. The fraction of sp³-hybridized carbons (Fsp3) is 0.667. The summed E-state index contributed by atoms with van der Waals surface area (Å²) < 4.78 is 1.66. The summed E-state index contributed by atoms with van der Waals surface area (Å²) in [6.45, 7) is 6.88. The zero-order valence-electron chi connectivity index (χ0n) is 11.5. The smallest absolute Gasteiger partial charge is 0.234 e. The maximum atomic E-state index is 12.2. The van der Waals surface area contributed by atoms with Crippen molar-refractivity contribution in [3.63, 3.8) is 0 Å². The molecule has 8 heteroatoms. The van der Waals surface area contributed by atoms with Crippen LogP contribution < -0.4 is 0 Å². The molecule has 0 bridgehead atoms. The molecule has 0 spiro atoms. The molecule has 2 aromatic heterocycles. The number of likely N-dealkylation sites (N-methyl/N-ethyl adjacent to an activating group) is 1. The van der Waals surface area contributed by atoms with Crippen molar-refractivity contribution in [2.45, 2.75) is 19.8 Å². The van der Waals surface area contributed by atoms with Crippen molar-refractivity contribution >= 4 is 22.2 Å². The first-order valence-corrected chi connectivity index (χ1v) is 7.74. The molecular formula is C12H18N6OS. The molecule has 3 heterocycles. The van der Waals surface area contributed by atoms with Gasteiger partial charge >= 0.3 is 0 Å². The van der Waals surface area contributed by atoms with E-state index in [1.165, 1.54) is 11.3 Å². The Balaban J connectivity index is 1.50. The van der Waals surface area contributed by atoms with E-state index in [4.69, 9.17) is 0 Å². The normalized spacial score (nSPS) is 16.9. The molecule has 0 radical (unpaired) electrons. The first-order valence-electron chi connectivity index (χ1n) is 6.92. The van der Waals surface area contributed by atoms with Crippen LogP contribution in [0.1, 0.15) is 18.4 Å². The van der Waals surface area contributed by atoms with Gasteiger partial charge in [0, 0.05) is 39.0 Å². The Morgan fingerprint density at radius 1 is 1.35 bits per heavy atom. The Morgan fingerprint density at radius 3 is 2.85 bits per heavy atom. The molecule has 0 aliphatic carbocycles. The third-order valence-electron chi connectivity index (χ3n) is 3.65. The number of rotatable bonds is 4. The fourth-order valence-corrected chi connectivity index (χ4v) is 3.20. The Bertz CT molecular complexity index is 557. The highest BCUT2D eigenvalue weighted by atomic mass is 32.1. The fourth-order valence-electron chi connectivity index (χ4n) is 2.39. The maximum Gasteiger partial charge on any atom is 0.234 e. The van der Waals surface area contributed by atoms with Crippen molar-refractivity contribution in [2.75, 3.05) is 32.7 Å². The van der Waals surface area contributed by atoms with Gasteiger partial charge in [0.15, 0.2) is 0 Å². The predicted molar refractivity (Wildman–Crippen MR) is 75.7 cm³/mol. The summed E-state index contributed by atoms with van der Waals surface area (Å²) in [7, 11) is 0. The van der Waals surface area contributed by atoms with Crippen LogP contribution in [0.3, 0.4) is 0 Å². The number of hydrogen-bond acceptors (Lipinski definition) is 6. The average molecular weight is 294 g/mol. The molecule has 3 rings (SSSR count). The van der Waals surface area contributed by atoms with E-state index in [9.17, 15) is 4.79 Å². The number of aryl methyl sites for hydroxylation is 1. The van der Waals surface area contributed by atoms with E-state index in [0.717, 1.165) is 42.7 Å². The lowest BCUT2D eigenvalue weighted by molar-refractivity contribution is -0.132. The minimum Gasteiger partial charge on any atom is -0.340 e. The van der Waals surface area contributed by atoms with E-state index < -0.39 is 0 Å². The van der Waals surface area contributed by atoms with Crippen LogP contribution in [0.5, 0.6) is 0 Å². The third-order valence-corrected chi connectivity index (χ3v) is 4.63. The Morgan fingerprint density at radius 2 is 2.15 bits per heavy atom. The molecule has 2 aromatic rings. The Labute approximate surface area is 121 Å². The van der Waals surface area contributed by atoms with E-state index in [2.05, 4.69) is 27.1 Å². The van der Waals surface area contributed by atoms with Gasteiger partial charge in [0.1, 0.15) is 11.3 Å². The molecule has 7 nitrogen and oxygen atoms in total. The number of nitrogens with zero attached hydrogens (tertiary/aromatic N) is 6. The predicted octanol–water partition coefficient (Wildman–Crippen LogP) is 0.282. The monoisotopic (exact) mass is 294 g/mol. The molecule has 20 heavy (non-hydrogen) atoms. The first-order chi connectivity index (χ1) is 9.76. The third kappa shape index (κ3) is 2.80. The Kier molecular flexibility index (Phi) is 3.93. The number of carbonyl (C=O) groups is 1.